The predicted molar refractivity (Wildman–Crippen MR) is 89.6 cm³/mol. The highest BCUT2D eigenvalue weighted by Gasteiger charge is 2.19. The minimum Gasteiger partial charge on any atom is -0.349 e. The molecule has 0 saturated carbocycles. The summed E-state index contributed by atoms with van der Waals surface area (Å²) >= 11 is 0. The molecule has 2 aromatic rings. The van der Waals surface area contributed by atoms with E-state index in [-0.39, 0.29) is 17.6 Å². The van der Waals surface area contributed by atoms with Crippen molar-refractivity contribution in [3.8, 4) is 0 Å². The van der Waals surface area contributed by atoms with Crippen LogP contribution in [-0.2, 0) is 6.42 Å². The highest BCUT2D eigenvalue weighted by molar-refractivity contribution is 5.95. The monoisotopic (exact) mass is 312 g/mol. The number of nitro benzene ring substituents is 1. The molecule has 5 heteroatoms. The number of hydrogen-bond donors (Lipinski definition) is 1. The van der Waals surface area contributed by atoms with E-state index in [9.17, 15) is 14.9 Å². The van der Waals surface area contributed by atoms with Crippen molar-refractivity contribution in [2.45, 2.75) is 33.2 Å². The van der Waals surface area contributed by atoms with Crippen LogP contribution >= 0.6 is 0 Å². The average molecular weight is 312 g/mol. The van der Waals surface area contributed by atoms with Crippen LogP contribution in [0.5, 0.6) is 0 Å². The lowest BCUT2D eigenvalue weighted by molar-refractivity contribution is -0.386. The number of nitrogens with one attached hydrogen (secondary N) is 1. The molecule has 2 aromatic carbocycles. The number of amides is 1. The molecule has 0 radical (unpaired) electrons. The van der Waals surface area contributed by atoms with Crippen molar-refractivity contribution in [1.82, 2.24) is 5.32 Å². The third-order valence-corrected chi connectivity index (χ3v) is 3.70. The summed E-state index contributed by atoms with van der Waals surface area (Å²) in [5.74, 6) is -0.213. The number of nitrogens with zero attached hydrogens (tertiary/aromatic N) is 1. The largest absolute Gasteiger partial charge is 0.349 e. The van der Waals surface area contributed by atoms with E-state index in [2.05, 4.69) is 5.32 Å². The van der Waals surface area contributed by atoms with E-state index in [1.54, 1.807) is 26.0 Å². The van der Waals surface area contributed by atoms with Gasteiger partial charge in [-0.1, -0.05) is 30.3 Å². The van der Waals surface area contributed by atoms with Gasteiger partial charge in [0, 0.05) is 22.7 Å². The summed E-state index contributed by atoms with van der Waals surface area (Å²) in [6.07, 6.45) is 0.734. The molecule has 0 aliphatic rings. The maximum atomic E-state index is 12.3. The number of rotatable bonds is 5. The molecular weight excluding hydrogens is 292 g/mol. The Hall–Kier alpha value is -2.69. The fourth-order valence-electron chi connectivity index (χ4n) is 2.70. The van der Waals surface area contributed by atoms with Gasteiger partial charge in [-0.05, 0) is 44.9 Å². The lowest BCUT2D eigenvalue weighted by Crippen LogP contribution is -2.34. The summed E-state index contributed by atoms with van der Waals surface area (Å²) in [5.41, 5.74) is 2.66. The van der Waals surface area contributed by atoms with Gasteiger partial charge in [0.2, 0.25) is 0 Å². The van der Waals surface area contributed by atoms with Crippen molar-refractivity contribution < 1.29 is 9.72 Å². The quantitative estimate of drug-likeness (QED) is 0.677. The molecule has 1 atom stereocenters. The first kappa shape index (κ1) is 16.7. The summed E-state index contributed by atoms with van der Waals surface area (Å²) in [7, 11) is 0. The van der Waals surface area contributed by atoms with Crippen LogP contribution in [0.15, 0.2) is 42.5 Å². The molecule has 0 spiro atoms. The van der Waals surface area contributed by atoms with E-state index in [1.165, 1.54) is 0 Å². The van der Waals surface area contributed by atoms with Crippen LogP contribution in [0.2, 0.25) is 0 Å². The molecule has 23 heavy (non-hydrogen) atoms. The van der Waals surface area contributed by atoms with Crippen LogP contribution in [0.4, 0.5) is 5.69 Å². The van der Waals surface area contributed by atoms with Gasteiger partial charge in [0.15, 0.2) is 0 Å². The molecule has 0 unspecified atom stereocenters. The van der Waals surface area contributed by atoms with Crippen LogP contribution in [-0.4, -0.2) is 16.9 Å². The molecule has 0 aromatic heterocycles. The van der Waals surface area contributed by atoms with Gasteiger partial charge in [0.1, 0.15) is 0 Å². The highest BCUT2D eigenvalue weighted by Crippen LogP contribution is 2.24. The summed E-state index contributed by atoms with van der Waals surface area (Å²) < 4.78 is 0. The van der Waals surface area contributed by atoms with Gasteiger partial charge in [-0.25, -0.2) is 0 Å². The molecule has 0 saturated heterocycles. The van der Waals surface area contributed by atoms with Crippen molar-refractivity contribution in [2.75, 3.05) is 0 Å². The molecule has 0 heterocycles. The minimum absolute atomic E-state index is 0.0271. The van der Waals surface area contributed by atoms with E-state index < -0.39 is 4.92 Å². The minimum atomic E-state index is -0.412. The Bertz CT molecular complexity index is 703. The third-order valence-electron chi connectivity index (χ3n) is 3.70. The lowest BCUT2D eigenvalue weighted by Gasteiger charge is -2.15. The Kier molecular flexibility index (Phi) is 5.11. The second kappa shape index (κ2) is 7.05. The van der Waals surface area contributed by atoms with Crippen molar-refractivity contribution in [3.63, 3.8) is 0 Å². The fourth-order valence-corrected chi connectivity index (χ4v) is 2.70. The Balaban J connectivity index is 2.10. The molecule has 0 aliphatic carbocycles. The first-order valence-corrected chi connectivity index (χ1v) is 7.49. The standard InChI is InChI=1S/C18H20N2O3/c1-12-9-16(10-13(2)17(12)20(22)23)18(21)19-14(3)11-15-7-5-4-6-8-15/h4-10,14H,11H2,1-3H3,(H,19,21)/t14-/m0/s1. The first-order chi connectivity index (χ1) is 10.9. The topological polar surface area (TPSA) is 72.2 Å². The van der Waals surface area contributed by atoms with Crippen LogP contribution < -0.4 is 5.32 Å². The SMILES string of the molecule is Cc1cc(C(=O)N[C@@H](C)Cc2ccccc2)cc(C)c1[N+](=O)[O-]. The third kappa shape index (κ3) is 4.16. The van der Waals surface area contributed by atoms with E-state index in [0.29, 0.717) is 16.7 Å². The lowest BCUT2D eigenvalue weighted by atomic mass is 10.0. The van der Waals surface area contributed by atoms with E-state index in [0.717, 1.165) is 12.0 Å². The zero-order chi connectivity index (χ0) is 17.0. The van der Waals surface area contributed by atoms with E-state index >= 15 is 0 Å². The smallest absolute Gasteiger partial charge is 0.275 e. The Labute approximate surface area is 135 Å². The zero-order valence-electron chi connectivity index (χ0n) is 13.5. The number of carbonyl (C=O) groups is 1. The number of aryl methyl sites for hydroxylation is 2. The predicted octanol–water partition coefficient (Wildman–Crippen LogP) is 3.57. The molecule has 0 fully saturated rings. The summed E-state index contributed by atoms with van der Waals surface area (Å²) in [6.45, 7) is 5.24. The number of nitro groups is 1. The molecule has 0 aliphatic heterocycles. The molecule has 2 rings (SSSR count). The van der Waals surface area contributed by atoms with Crippen molar-refractivity contribution in [2.24, 2.45) is 0 Å². The van der Waals surface area contributed by atoms with Crippen LogP contribution in [0, 0.1) is 24.0 Å². The van der Waals surface area contributed by atoms with Crippen LogP contribution in [0.1, 0.15) is 34.0 Å². The van der Waals surface area contributed by atoms with Crippen molar-refractivity contribution >= 4 is 11.6 Å². The molecule has 120 valence electrons. The normalized spacial score (nSPS) is 11.8. The Morgan fingerprint density at radius 2 is 1.74 bits per heavy atom. The van der Waals surface area contributed by atoms with Crippen LogP contribution in [0.25, 0.3) is 0 Å². The molecular formula is C18H20N2O3. The molecule has 0 bridgehead atoms. The highest BCUT2D eigenvalue weighted by atomic mass is 16.6. The van der Waals surface area contributed by atoms with E-state index in [4.69, 9.17) is 0 Å². The summed E-state index contributed by atoms with van der Waals surface area (Å²) in [6, 6.07) is 13.0. The summed E-state index contributed by atoms with van der Waals surface area (Å²) in [4.78, 5) is 22.9. The first-order valence-electron chi connectivity index (χ1n) is 7.49. The van der Waals surface area contributed by atoms with Gasteiger partial charge in [-0.2, -0.15) is 0 Å². The van der Waals surface area contributed by atoms with E-state index in [1.807, 2.05) is 37.3 Å². The van der Waals surface area contributed by atoms with Crippen molar-refractivity contribution in [1.29, 1.82) is 0 Å². The van der Waals surface area contributed by atoms with Crippen molar-refractivity contribution in [3.05, 3.63) is 74.8 Å². The maximum Gasteiger partial charge on any atom is 0.275 e. The second-order valence-electron chi connectivity index (χ2n) is 5.78. The molecule has 1 amide bonds. The van der Waals surface area contributed by atoms with Gasteiger partial charge in [0.25, 0.3) is 11.6 Å². The number of carbonyl (C=O) groups excluding carboxylic acids is 1. The van der Waals surface area contributed by atoms with Gasteiger partial charge < -0.3 is 5.32 Å². The fraction of sp³-hybridized carbons (Fsp3) is 0.278. The second-order valence-corrected chi connectivity index (χ2v) is 5.78. The average Bonchev–Trinajstić information content (AvgIpc) is 2.46. The zero-order valence-corrected chi connectivity index (χ0v) is 13.5. The molecule has 5 nitrogen and oxygen atoms in total. The van der Waals surface area contributed by atoms with Gasteiger partial charge in [-0.15, -0.1) is 0 Å². The van der Waals surface area contributed by atoms with Gasteiger partial charge in [0.05, 0.1) is 4.92 Å². The van der Waals surface area contributed by atoms with Crippen LogP contribution in [0.3, 0.4) is 0 Å². The number of hydrogen-bond acceptors (Lipinski definition) is 3. The summed E-state index contributed by atoms with van der Waals surface area (Å²) in [5, 5.41) is 13.9. The Morgan fingerprint density at radius 1 is 1.17 bits per heavy atom. The number of benzene rings is 2. The van der Waals surface area contributed by atoms with Gasteiger partial charge in [-0.3, -0.25) is 14.9 Å². The molecule has 1 N–H and O–H groups in total. The van der Waals surface area contributed by atoms with Gasteiger partial charge >= 0.3 is 0 Å². The Morgan fingerprint density at radius 3 is 2.26 bits per heavy atom. The maximum absolute atomic E-state index is 12.3.